The summed E-state index contributed by atoms with van der Waals surface area (Å²) in [7, 11) is 0. The Kier molecular flexibility index (Phi) is 4.72. The van der Waals surface area contributed by atoms with Crippen LogP contribution in [0.3, 0.4) is 0 Å². The van der Waals surface area contributed by atoms with Gasteiger partial charge in [-0.05, 0) is 16.5 Å². The van der Waals surface area contributed by atoms with E-state index in [1.165, 1.54) is 0 Å². The van der Waals surface area contributed by atoms with Crippen LogP contribution < -0.4 is 5.43 Å². The maximum Gasteiger partial charge on any atom is 0.0529 e. The zero-order chi connectivity index (χ0) is 9.19. The van der Waals surface area contributed by atoms with E-state index in [4.69, 9.17) is 0 Å². The fraction of sp³-hybridized carbons (Fsp3) is 0. The minimum absolute atomic E-state index is 1.55. The molecule has 0 radical (unpaired) electrons. The molecular weight excluding hydrogens is 164 g/mol. The van der Waals surface area contributed by atoms with Crippen molar-refractivity contribution in [2.75, 3.05) is 0 Å². The molecule has 2 rings (SSSR count). The van der Waals surface area contributed by atoms with Gasteiger partial charge in [0.1, 0.15) is 0 Å². The predicted molar refractivity (Wildman–Crippen MR) is 52.1 cm³/mol. The topological polar surface area (TPSA) is 49.1 Å². The summed E-state index contributed by atoms with van der Waals surface area (Å²) in [5.74, 6) is 0. The third-order valence-corrected chi connectivity index (χ3v) is 1.14. The Bertz CT molecular complexity index is 249. The van der Waals surface area contributed by atoms with Gasteiger partial charge in [-0.25, -0.2) is 0 Å². The van der Waals surface area contributed by atoms with Gasteiger partial charge in [-0.2, -0.15) is 0 Å². The highest BCUT2D eigenvalue weighted by Gasteiger charge is 1.70. The second-order valence-electron chi connectivity index (χ2n) is 2.10. The van der Waals surface area contributed by atoms with Gasteiger partial charge < -0.3 is 0 Å². The Balaban J connectivity index is 0.000000132. The van der Waals surface area contributed by atoms with E-state index in [0.717, 1.165) is 0 Å². The van der Waals surface area contributed by atoms with Crippen LogP contribution in [0.4, 0.5) is 0 Å². The number of nitrogens with zero attached hydrogens (tertiary/aromatic N) is 3. The Labute approximate surface area is 76.7 Å². The molecule has 4 nitrogen and oxygen atoms in total. The molecule has 4 heteroatoms. The van der Waals surface area contributed by atoms with Gasteiger partial charge in [0, 0.05) is 6.20 Å². The Morgan fingerprint density at radius 3 is 2.08 bits per heavy atom. The molecule has 1 aromatic rings. The van der Waals surface area contributed by atoms with Crippen LogP contribution in [0.1, 0.15) is 0 Å². The molecule has 1 heterocycles. The van der Waals surface area contributed by atoms with Crippen LogP contribution in [0.2, 0.25) is 0 Å². The first-order valence-electron chi connectivity index (χ1n) is 3.84. The average molecular weight is 174 g/mol. The van der Waals surface area contributed by atoms with Crippen LogP contribution in [0.15, 0.2) is 64.2 Å². The zero-order valence-electron chi connectivity index (χ0n) is 7.04. The van der Waals surface area contributed by atoms with Crippen molar-refractivity contribution in [3.8, 4) is 0 Å². The van der Waals surface area contributed by atoms with E-state index in [1.54, 1.807) is 18.5 Å². The molecule has 0 aromatic heterocycles. The normalized spacial score (nSPS) is 12.3. The second kappa shape index (κ2) is 6.72. The van der Waals surface area contributed by atoms with E-state index in [9.17, 15) is 0 Å². The maximum atomic E-state index is 3.45. The molecule has 0 fully saturated rings. The fourth-order valence-corrected chi connectivity index (χ4v) is 0.624. The molecule has 0 amide bonds. The van der Waals surface area contributed by atoms with Crippen molar-refractivity contribution in [3.63, 3.8) is 0 Å². The molecule has 0 unspecified atom stereocenters. The monoisotopic (exact) mass is 174 g/mol. The van der Waals surface area contributed by atoms with E-state index in [1.807, 2.05) is 36.4 Å². The molecule has 0 aliphatic carbocycles. The molecule has 0 atom stereocenters. The van der Waals surface area contributed by atoms with Crippen molar-refractivity contribution < 1.29 is 0 Å². The number of hydrogen-bond donors (Lipinski definition) is 1. The summed E-state index contributed by atoms with van der Waals surface area (Å²) in [6.07, 6.45) is 4.89. The van der Waals surface area contributed by atoms with E-state index >= 15 is 0 Å². The van der Waals surface area contributed by atoms with E-state index < -0.39 is 0 Å². The van der Waals surface area contributed by atoms with Gasteiger partial charge in [0.25, 0.3) is 0 Å². The van der Waals surface area contributed by atoms with E-state index in [2.05, 4.69) is 21.0 Å². The first-order valence-corrected chi connectivity index (χ1v) is 3.84. The van der Waals surface area contributed by atoms with Crippen molar-refractivity contribution >= 4 is 6.21 Å². The molecule has 1 aliphatic rings. The molecular formula is C9H10N4. The molecule has 1 aliphatic heterocycles. The standard InChI is InChI=1S/C6H6.C3H4N4/c1-2-4-6-5-3-1;1-2-4-6-7-5-3-1/h1-6H;1-3H,(H,4,7). The van der Waals surface area contributed by atoms with Crippen LogP contribution in [0.25, 0.3) is 0 Å². The average Bonchev–Trinajstić information content (AvgIpc) is 2.53. The van der Waals surface area contributed by atoms with Gasteiger partial charge >= 0.3 is 0 Å². The van der Waals surface area contributed by atoms with Gasteiger partial charge in [0.05, 0.1) is 6.21 Å². The summed E-state index contributed by atoms with van der Waals surface area (Å²) < 4.78 is 0. The predicted octanol–water partition coefficient (Wildman–Crippen LogP) is 2.14. The van der Waals surface area contributed by atoms with Gasteiger partial charge in [-0.3, -0.25) is 5.43 Å². The number of allylic oxidation sites excluding steroid dienone is 1. The van der Waals surface area contributed by atoms with Gasteiger partial charge in [-0.15, -0.1) is 5.10 Å². The maximum absolute atomic E-state index is 3.45. The number of rotatable bonds is 0. The molecule has 0 spiro atoms. The van der Waals surface area contributed by atoms with Gasteiger partial charge in [0.2, 0.25) is 0 Å². The summed E-state index contributed by atoms with van der Waals surface area (Å²) >= 11 is 0. The van der Waals surface area contributed by atoms with Crippen molar-refractivity contribution in [2.45, 2.75) is 0 Å². The lowest BCUT2D eigenvalue weighted by Crippen LogP contribution is -1.87. The Hall–Kier alpha value is -1.97. The third-order valence-electron chi connectivity index (χ3n) is 1.14. The lowest BCUT2D eigenvalue weighted by molar-refractivity contribution is 0.834. The van der Waals surface area contributed by atoms with E-state index in [0.29, 0.717) is 0 Å². The van der Waals surface area contributed by atoms with Crippen molar-refractivity contribution in [3.05, 3.63) is 48.7 Å². The molecule has 0 bridgehead atoms. The first kappa shape index (κ1) is 9.12. The van der Waals surface area contributed by atoms with Crippen LogP contribution in [-0.4, -0.2) is 6.21 Å². The molecule has 1 aromatic carbocycles. The van der Waals surface area contributed by atoms with Crippen LogP contribution in [0, 0.1) is 0 Å². The minimum Gasteiger partial charge on any atom is -0.266 e. The number of benzene rings is 1. The molecule has 66 valence electrons. The first-order chi connectivity index (χ1) is 6.50. The Morgan fingerprint density at radius 1 is 0.846 bits per heavy atom. The number of hydrogen-bond acceptors (Lipinski definition) is 4. The smallest absolute Gasteiger partial charge is 0.0529 e. The third kappa shape index (κ3) is 5.32. The highest BCUT2D eigenvalue weighted by molar-refractivity contribution is 5.70. The fourth-order valence-electron chi connectivity index (χ4n) is 0.624. The lowest BCUT2D eigenvalue weighted by atomic mass is 10.4. The minimum atomic E-state index is 1.55. The van der Waals surface area contributed by atoms with Crippen molar-refractivity contribution in [1.29, 1.82) is 0 Å². The lowest BCUT2D eigenvalue weighted by Gasteiger charge is -1.75. The second-order valence-corrected chi connectivity index (χ2v) is 2.10. The number of nitrogens with one attached hydrogen (secondary N) is 1. The van der Waals surface area contributed by atoms with Crippen molar-refractivity contribution in [2.24, 2.45) is 15.5 Å². The van der Waals surface area contributed by atoms with Gasteiger partial charge in [0.15, 0.2) is 0 Å². The molecule has 1 N–H and O–H groups in total. The van der Waals surface area contributed by atoms with Crippen molar-refractivity contribution in [1.82, 2.24) is 5.43 Å². The summed E-state index contributed by atoms with van der Waals surface area (Å²) in [6.45, 7) is 0. The quantitative estimate of drug-likeness (QED) is 0.643. The Morgan fingerprint density at radius 2 is 1.46 bits per heavy atom. The molecule has 0 saturated carbocycles. The molecule has 0 saturated heterocycles. The van der Waals surface area contributed by atoms with Gasteiger partial charge in [-0.1, -0.05) is 36.4 Å². The summed E-state index contributed by atoms with van der Waals surface area (Å²) in [6, 6.07) is 12.0. The summed E-state index contributed by atoms with van der Waals surface area (Å²) in [5, 5.41) is 10.1. The summed E-state index contributed by atoms with van der Waals surface area (Å²) in [5.41, 5.74) is 2.50. The van der Waals surface area contributed by atoms with Crippen LogP contribution >= 0.6 is 0 Å². The summed E-state index contributed by atoms with van der Waals surface area (Å²) in [4.78, 5) is 0. The van der Waals surface area contributed by atoms with Crippen LogP contribution in [0.5, 0.6) is 0 Å². The van der Waals surface area contributed by atoms with Crippen LogP contribution in [-0.2, 0) is 0 Å². The highest BCUT2D eigenvalue weighted by Crippen LogP contribution is 1.80. The van der Waals surface area contributed by atoms with E-state index in [-0.39, 0.29) is 0 Å². The molecule has 13 heavy (non-hydrogen) atoms. The highest BCUT2D eigenvalue weighted by atomic mass is 15.5. The largest absolute Gasteiger partial charge is 0.266 e. The SMILES string of the molecule is C1=CNN=NN=C1.c1ccccc1. The zero-order valence-corrected chi connectivity index (χ0v) is 7.04.